The van der Waals surface area contributed by atoms with E-state index < -0.39 is 0 Å². The highest BCUT2D eigenvalue weighted by Crippen LogP contribution is 2.30. The van der Waals surface area contributed by atoms with E-state index in [4.69, 9.17) is 0 Å². The van der Waals surface area contributed by atoms with Gasteiger partial charge in [-0.25, -0.2) is 4.98 Å². The number of hydrogen-bond donors (Lipinski definition) is 1. The van der Waals surface area contributed by atoms with Crippen LogP contribution in [-0.4, -0.2) is 10.9 Å². The summed E-state index contributed by atoms with van der Waals surface area (Å²) in [4.78, 5) is 18.3. The van der Waals surface area contributed by atoms with Crippen molar-refractivity contribution in [3.05, 3.63) is 43.8 Å². The first kappa shape index (κ1) is 14.7. The maximum atomic E-state index is 12.5. The van der Waals surface area contributed by atoms with Crippen molar-refractivity contribution in [2.45, 2.75) is 33.1 Å². The molecule has 3 rings (SSSR count). The minimum Gasteiger partial charge on any atom is -0.326 e. The van der Waals surface area contributed by atoms with E-state index in [1.54, 1.807) is 11.3 Å². The smallest absolute Gasteiger partial charge is 0.227 e. The van der Waals surface area contributed by atoms with Gasteiger partial charge in [0, 0.05) is 21.0 Å². The molecule has 0 bridgehead atoms. The van der Waals surface area contributed by atoms with Crippen LogP contribution in [0.2, 0.25) is 0 Å². The fraction of sp³-hybridized carbons (Fsp3) is 0.375. The van der Waals surface area contributed by atoms with E-state index in [1.807, 2.05) is 32.0 Å². The first-order chi connectivity index (χ1) is 10.0. The molecule has 0 saturated carbocycles. The predicted octanol–water partition coefficient (Wildman–Crippen LogP) is 4.27. The van der Waals surface area contributed by atoms with E-state index in [2.05, 4.69) is 26.2 Å². The van der Waals surface area contributed by atoms with Crippen molar-refractivity contribution in [2.24, 2.45) is 5.92 Å². The number of rotatable bonds is 2. The second-order valence-corrected chi connectivity index (χ2v) is 7.69. The molecule has 5 heteroatoms. The Balaban J connectivity index is 1.72. The SMILES string of the molecule is Cc1nc2c(s1)CC(C(=O)Nc1ccc(Br)cc1C)CC2. The topological polar surface area (TPSA) is 42.0 Å². The molecule has 0 saturated heterocycles. The highest BCUT2D eigenvalue weighted by atomic mass is 79.9. The number of nitrogens with zero attached hydrogens (tertiary/aromatic N) is 1. The molecule has 1 aliphatic rings. The molecular formula is C16H17BrN2OS. The Labute approximate surface area is 136 Å². The molecule has 21 heavy (non-hydrogen) atoms. The lowest BCUT2D eigenvalue weighted by Gasteiger charge is -2.21. The molecule has 1 aliphatic carbocycles. The van der Waals surface area contributed by atoms with Gasteiger partial charge in [0.25, 0.3) is 0 Å². The van der Waals surface area contributed by atoms with Gasteiger partial charge in [-0.2, -0.15) is 0 Å². The van der Waals surface area contributed by atoms with Crippen LogP contribution < -0.4 is 5.32 Å². The Hall–Kier alpha value is -1.20. The van der Waals surface area contributed by atoms with Crippen LogP contribution in [0.15, 0.2) is 22.7 Å². The largest absolute Gasteiger partial charge is 0.326 e. The molecule has 0 fully saturated rings. The van der Waals surface area contributed by atoms with Crippen molar-refractivity contribution in [3.8, 4) is 0 Å². The minimum absolute atomic E-state index is 0.0559. The zero-order valence-corrected chi connectivity index (χ0v) is 14.5. The van der Waals surface area contributed by atoms with E-state index in [1.165, 1.54) is 10.6 Å². The van der Waals surface area contributed by atoms with Gasteiger partial charge in [0.1, 0.15) is 0 Å². The average molecular weight is 365 g/mol. The van der Waals surface area contributed by atoms with E-state index >= 15 is 0 Å². The Morgan fingerprint density at radius 2 is 2.24 bits per heavy atom. The Bertz CT molecular complexity index is 696. The monoisotopic (exact) mass is 364 g/mol. The van der Waals surface area contributed by atoms with Gasteiger partial charge in [-0.3, -0.25) is 4.79 Å². The highest BCUT2D eigenvalue weighted by Gasteiger charge is 2.27. The van der Waals surface area contributed by atoms with Gasteiger partial charge in [0.05, 0.1) is 10.7 Å². The normalized spacial score (nSPS) is 17.4. The molecule has 3 nitrogen and oxygen atoms in total. The third-order valence-corrected chi connectivity index (χ3v) is 5.39. The number of fused-ring (bicyclic) bond motifs is 1. The van der Waals surface area contributed by atoms with Gasteiger partial charge in [-0.1, -0.05) is 15.9 Å². The zero-order valence-electron chi connectivity index (χ0n) is 12.1. The second-order valence-electron chi connectivity index (χ2n) is 5.49. The molecule has 1 unspecified atom stereocenters. The number of nitrogens with one attached hydrogen (secondary N) is 1. The van der Waals surface area contributed by atoms with Gasteiger partial charge in [-0.15, -0.1) is 11.3 Å². The second kappa shape index (κ2) is 5.89. The van der Waals surface area contributed by atoms with Gasteiger partial charge in [0.15, 0.2) is 0 Å². The number of thiazole rings is 1. The van der Waals surface area contributed by atoms with E-state index in [0.717, 1.165) is 40.0 Å². The number of carbonyl (C=O) groups excluding carboxylic acids is 1. The molecule has 0 radical (unpaired) electrons. The number of carbonyl (C=O) groups is 1. The molecule has 0 aliphatic heterocycles. The number of halogens is 1. The van der Waals surface area contributed by atoms with Crippen molar-refractivity contribution >= 4 is 38.9 Å². The number of benzene rings is 1. The van der Waals surface area contributed by atoms with Crippen molar-refractivity contribution < 1.29 is 4.79 Å². The van der Waals surface area contributed by atoms with Crippen LogP contribution in [0.25, 0.3) is 0 Å². The van der Waals surface area contributed by atoms with Crippen LogP contribution in [0.1, 0.15) is 27.6 Å². The van der Waals surface area contributed by atoms with Crippen molar-refractivity contribution in [3.63, 3.8) is 0 Å². The lowest BCUT2D eigenvalue weighted by Crippen LogP contribution is -2.28. The van der Waals surface area contributed by atoms with Crippen molar-refractivity contribution in [1.29, 1.82) is 0 Å². The minimum atomic E-state index is 0.0559. The van der Waals surface area contributed by atoms with E-state index in [9.17, 15) is 4.79 Å². The number of hydrogen-bond acceptors (Lipinski definition) is 3. The summed E-state index contributed by atoms with van der Waals surface area (Å²) in [7, 11) is 0. The van der Waals surface area contributed by atoms with Gasteiger partial charge in [0.2, 0.25) is 5.91 Å². The van der Waals surface area contributed by atoms with Gasteiger partial charge >= 0.3 is 0 Å². The molecule has 1 aromatic heterocycles. The van der Waals surface area contributed by atoms with E-state index in [0.29, 0.717) is 0 Å². The molecule has 110 valence electrons. The summed E-state index contributed by atoms with van der Waals surface area (Å²) < 4.78 is 1.03. The van der Waals surface area contributed by atoms with Crippen molar-refractivity contribution in [1.82, 2.24) is 4.98 Å². The molecule has 1 aromatic carbocycles. The number of amides is 1. The van der Waals surface area contributed by atoms with Gasteiger partial charge < -0.3 is 5.32 Å². The summed E-state index contributed by atoms with van der Waals surface area (Å²) >= 11 is 5.17. The molecule has 2 aromatic rings. The zero-order chi connectivity index (χ0) is 15.0. The molecule has 0 spiro atoms. The average Bonchev–Trinajstić information content (AvgIpc) is 2.80. The summed E-state index contributed by atoms with van der Waals surface area (Å²) in [5.41, 5.74) is 3.17. The molecule has 1 atom stereocenters. The van der Waals surface area contributed by atoms with Gasteiger partial charge in [-0.05, 0) is 56.9 Å². The summed E-state index contributed by atoms with van der Waals surface area (Å²) in [6, 6.07) is 5.91. The van der Waals surface area contributed by atoms with Crippen LogP contribution in [0.5, 0.6) is 0 Å². The Morgan fingerprint density at radius 3 is 3.00 bits per heavy atom. The Morgan fingerprint density at radius 1 is 1.43 bits per heavy atom. The van der Waals surface area contributed by atoms with E-state index in [-0.39, 0.29) is 11.8 Å². The predicted molar refractivity (Wildman–Crippen MR) is 89.9 cm³/mol. The number of aromatic nitrogens is 1. The fourth-order valence-corrected chi connectivity index (χ4v) is 4.27. The molecular weight excluding hydrogens is 348 g/mol. The maximum absolute atomic E-state index is 12.5. The summed E-state index contributed by atoms with van der Waals surface area (Å²) in [6.07, 6.45) is 2.62. The lowest BCUT2D eigenvalue weighted by molar-refractivity contribution is -0.120. The molecule has 1 heterocycles. The fourth-order valence-electron chi connectivity index (χ4n) is 2.73. The summed E-state index contributed by atoms with van der Waals surface area (Å²) in [6.45, 7) is 4.04. The quantitative estimate of drug-likeness (QED) is 0.864. The summed E-state index contributed by atoms with van der Waals surface area (Å²) in [5.74, 6) is 0.178. The molecule has 1 amide bonds. The van der Waals surface area contributed by atoms with Crippen molar-refractivity contribution in [2.75, 3.05) is 5.32 Å². The van der Waals surface area contributed by atoms with Crippen LogP contribution in [0.3, 0.4) is 0 Å². The third kappa shape index (κ3) is 3.19. The van der Waals surface area contributed by atoms with Crippen LogP contribution >= 0.6 is 27.3 Å². The third-order valence-electron chi connectivity index (χ3n) is 3.86. The van der Waals surface area contributed by atoms with Crippen LogP contribution in [0.4, 0.5) is 5.69 Å². The standard InChI is InChI=1S/C16H17BrN2OS/c1-9-7-12(17)4-6-13(9)19-16(20)11-3-5-14-15(8-11)21-10(2)18-14/h4,6-7,11H,3,5,8H2,1-2H3,(H,19,20). The first-order valence-corrected chi connectivity index (χ1v) is 8.66. The van der Waals surface area contributed by atoms with Crippen LogP contribution in [0, 0.1) is 19.8 Å². The Kier molecular flexibility index (Phi) is 4.13. The first-order valence-electron chi connectivity index (χ1n) is 7.05. The summed E-state index contributed by atoms with van der Waals surface area (Å²) in [5, 5.41) is 4.17. The maximum Gasteiger partial charge on any atom is 0.227 e. The number of aryl methyl sites for hydroxylation is 3. The highest BCUT2D eigenvalue weighted by molar-refractivity contribution is 9.10. The lowest BCUT2D eigenvalue weighted by atomic mass is 9.90. The molecule has 1 N–H and O–H groups in total. The number of anilines is 1. The van der Waals surface area contributed by atoms with Crippen LogP contribution in [-0.2, 0) is 17.6 Å².